The molecule has 0 saturated heterocycles. The number of furan rings is 1. The second-order valence-electron chi connectivity index (χ2n) is 4.81. The molecule has 1 aromatic carbocycles. The van der Waals surface area contributed by atoms with Crippen molar-refractivity contribution in [3.8, 4) is 11.5 Å². The van der Waals surface area contributed by atoms with E-state index < -0.39 is 0 Å². The van der Waals surface area contributed by atoms with Crippen molar-refractivity contribution in [2.75, 3.05) is 14.2 Å². The minimum absolute atomic E-state index is 0. The van der Waals surface area contributed by atoms with E-state index in [0.717, 1.165) is 5.56 Å². The predicted molar refractivity (Wildman–Crippen MR) is 89.3 cm³/mol. The Bertz CT molecular complexity index is 657. The van der Waals surface area contributed by atoms with Gasteiger partial charge in [-0.05, 0) is 31.2 Å². The molecule has 0 aliphatic rings. The quantitative estimate of drug-likeness (QED) is 0.844. The summed E-state index contributed by atoms with van der Waals surface area (Å²) in [5.74, 6) is 1.71. The number of amides is 1. The van der Waals surface area contributed by atoms with Crippen LogP contribution < -0.4 is 20.5 Å². The van der Waals surface area contributed by atoms with E-state index in [9.17, 15) is 4.79 Å². The number of carbonyl (C=O) groups excluding carboxylic acids is 1. The molecule has 1 unspecified atom stereocenters. The number of hydrogen-bond donors (Lipinski definition) is 2. The maximum atomic E-state index is 12.2. The molecule has 126 valence electrons. The first-order valence-electron chi connectivity index (χ1n) is 6.89. The van der Waals surface area contributed by atoms with Crippen LogP contribution in [0, 0.1) is 0 Å². The summed E-state index contributed by atoms with van der Waals surface area (Å²) in [5.41, 5.74) is 6.74. The Balaban J connectivity index is 0.00000264. The molecule has 0 fully saturated rings. The molecule has 7 heteroatoms. The Morgan fingerprint density at radius 1 is 1.30 bits per heavy atom. The van der Waals surface area contributed by atoms with E-state index in [2.05, 4.69) is 5.32 Å². The van der Waals surface area contributed by atoms with Gasteiger partial charge in [0.1, 0.15) is 23.5 Å². The number of nitrogens with one attached hydrogen (secondary N) is 1. The van der Waals surface area contributed by atoms with E-state index >= 15 is 0 Å². The molecule has 0 spiro atoms. The molecule has 1 amide bonds. The smallest absolute Gasteiger partial charge is 0.255 e. The van der Waals surface area contributed by atoms with Crippen LogP contribution in [-0.2, 0) is 6.54 Å². The fraction of sp³-hybridized carbons (Fsp3) is 0.312. The molecule has 0 saturated carbocycles. The number of ether oxygens (including phenoxy) is 2. The molecular weight excluding hydrogens is 320 g/mol. The Morgan fingerprint density at radius 2 is 2.04 bits per heavy atom. The number of benzene rings is 1. The third-order valence-electron chi connectivity index (χ3n) is 3.37. The Morgan fingerprint density at radius 3 is 2.61 bits per heavy atom. The fourth-order valence-corrected chi connectivity index (χ4v) is 2.14. The third-order valence-corrected chi connectivity index (χ3v) is 3.37. The van der Waals surface area contributed by atoms with Crippen LogP contribution in [0.5, 0.6) is 11.5 Å². The third kappa shape index (κ3) is 4.40. The molecule has 0 bridgehead atoms. The summed E-state index contributed by atoms with van der Waals surface area (Å²) in [6, 6.07) is 6.82. The molecule has 2 rings (SSSR count). The van der Waals surface area contributed by atoms with Gasteiger partial charge in [0.2, 0.25) is 0 Å². The molecule has 0 aliphatic carbocycles. The summed E-state index contributed by atoms with van der Waals surface area (Å²) < 4.78 is 15.7. The lowest BCUT2D eigenvalue weighted by atomic mass is 10.1. The zero-order valence-electron chi connectivity index (χ0n) is 13.3. The predicted octanol–water partition coefficient (Wildman–Crippen LogP) is 2.67. The molecule has 3 N–H and O–H groups in total. The number of halogens is 1. The Hall–Kier alpha value is -2.18. The second kappa shape index (κ2) is 8.45. The van der Waals surface area contributed by atoms with Gasteiger partial charge in [-0.2, -0.15) is 0 Å². The summed E-state index contributed by atoms with van der Waals surface area (Å²) in [5, 5.41) is 2.90. The molecule has 1 aromatic heterocycles. The van der Waals surface area contributed by atoms with Gasteiger partial charge in [-0.3, -0.25) is 4.79 Å². The lowest BCUT2D eigenvalue weighted by molar-refractivity contribution is 0.0939. The highest BCUT2D eigenvalue weighted by molar-refractivity contribution is 5.94. The summed E-state index contributed by atoms with van der Waals surface area (Å²) in [6.07, 6.45) is 1.40. The van der Waals surface area contributed by atoms with Crippen molar-refractivity contribution in [2.24, 2.45) is 5.73 Å². The van der Waals surface area contributed by atoms with Crippen LogP contribution in [-0.4, -0.2) is 20.1 Å². The Kier molecular flexibility index (Phi) is 6.93. The first-order chi connectivity index (χ1) is 10.6. The van der Waals surface area contributed by atoms with Crippen molar-refractivity contribution in [1.82, 2.24) is 5.32 Å². The highest BCUT2D eigenvalue weighted by Crippen LogP contribution is 2.29. The van der Waals surface area contributed by atoms with Crippen LogP contribution in [0.3, 0.4) is 0 Å². The summed E-state index contributed by atoms with van der Waals surface area (Å²) in [6.45, 7) is 2.13. The topological polar surface area (TPSA) is 86.7 Å². The SMILES string of the molecule is COc1ccc(OC)c(C(C)NC(=O)c2coc(CN)c2)c1.Cl. The van der Waals surface area contributed by atoms with Crippen molar-refractivity contribution >= 4 is 18.3 Å². The van der Waals surface area contributed by atoms with E-state index in [-0.39, 0.29) is 30.9 Å². The van der Waals surface area contributed by atoms with Gasteiger partial charge in [0.05, 0.1) is 32.4 Å². The average molecular weight is 341 g/mol. The standard InChI is InChI=1S/C16H20N2O4.ClH/c1-10(14-7-12(20-2)4-5-15(14)21-3)18-16(19)11-6-13(8-17)22-9-11;/h4-7,9-10H,8,17H2,1-3H3,(H,18,19);1H. The van der Waals surface area contributed by atoms with Crippen LogP contribution >= 0.6 is 12.4 Å². The van der Waals surface area contributed by atoms with Gasteiger partial charge in [-0.15, -0.1) is 12.4 Å². The van der Waals surface area contributed by atoms with E-state index in [0.29, 0.717) is 22.8 Å². The molecule has 0 aliphatic heterocycles. The molecule has 23 heavy (non-hydrogen) atoms. The van der Waals surface area contributed by atoms with E-state index in [4.69, 9.17) is 19.6 Å². The molecule has 1 atom stereocenters. The van der Waals surface area contributed by atoms with Crippen molar-refractivity contribution in [1.29, 1.82) is 0 Å². The van der Waals surface area contributed by atoms with Crippen molar-refractivity contribution in [3.05, 3.63) is 47.4 Å². The lowest BCUT2D eigenvalue weighted by Crippen LogP contribution is -2.26. The zero-order valence-corrected chi connectivity index (χ0v) is 14.1. The molecule has 0 radical (unpaired) electrons. The second-order valence-corrected chi connectivity index (χ2v) is 4.81. The highest BCUT2D eigenvalue weighted by Gasteiger charge is 2.17. The largest absolute Gasteiger partial charge is 0.497 e. The van der Waals surface area contributed by atoms with Gasteiger partial charge in [0, 0.05) is 5.56 Å². The number of rotatable bonds is 6. The van der Waals surface area contributed by atoms with Crippen molar-refractivity contribution in [3.63, 3.8) is 0 Å². The van der Waals surface area contributed by atoms with Gasteiger partial charge < -0.3 is 24.9 Å². The number of nitrogens with two attached hydrogens (primary N) is 1. The minimum atomic E-state index is -0.256. The van der Waals surface area contributed by atoms with Crippen LogP contribution in [0.4, 0.5) is 0 Å². The lowest BCUT2D eigenvalue weighted by Gasteiger charge is -2.17. The number of carbonyl (C=O) groups is 1. The van der Waals surface area contributed by atoms with E-state index in [1.807, 2.05) is 13.0 Å². The molecule has 1 heterocycles. The fourth-order valence-electron chi connectivity index (χ4n) is 2.14. The van der Waals surface area contributed by atoms with E-state index in [1.54, 1.807) is 32.4 Å². The Labute approximate surface area is 141 Å². The van der Waals surface area contributed by atoms with Gasteiger partial charge in [-0.25, -0.2) is 0 Å². The van der Waals surface area contributed by atoms with Gasteiger partial charge >= 0.3 is 0 Å². The van der Waals surface area contributed by atoms with Crippen LogP contribution in [0.1, 0.15) is 34.6 Å². The van der Waals surface area contributed by atoms with Crippen molar-refractivity contribution in [2.45, 2.75) is 19.5 Å². The maximum Gasteiger partial charge on any atom is 0.255 e. The highest BCUT2D eigenvalue weighted by atomic mass is 35.5. The van der Waals surface area contributed by atoms with Gasteiger partial charge in [0.15, 0.2) is 0 Å². The monoisotopic (exact) mass is 340 g/mol. The normalized spacial score (nSPS) is 11.3. The zero-order chi connectivity index (χ0) is 16.1. The first kappa shape index (κ1) is 18.9. The summed E-state index contributed by atoms with van der Waals surface area (Å²) in [7, 11) is 3.18. The molecule has 2 aromatic rings. The number of hydrogen-bond acceptors (Lipinski definition) is 5. The van der Waals surface area contributed by atoms with Gasteiger partial charge in [0.25, 0.3) is 5.91 Å². The summed E-state index contributed by atoms with van der Waals surface area (Å²) >= 11 is 0. The molecular formula is C16H21ClN2O4. The van der Waals surface area contributed by atoms with Crippen molar-refractivity contribution < 1.29 is 18.7 Å². The number of methoxy groups -OCH3 is 2. The minimum Gasteiger partial charge on any atom is -0.497 e. The van der Waals surface area contributed by atoms with Crippen LogP contribution in [0.25, 0.3) is 0 Å². The summed E-state index contributed by atoms with van der Waals surface area (Å²) in [4.78, 5) is 12.2. The van der Waals surface area contributed by atoms with Crippen LogP contribution in [0.15, 0.2) is 34.9 Å². The van der Waals surface area contributed by atoms with Gasteiger partial charge in [-0.1, -0.05) is 0 Å². The van der Waals surface area contributed by atoms with Crippen LogP contribution in [0.2, 0.25) is 0 Å². The molecule has 6 nitrogen and oxygen atoms in total. The maximum absolute atomic E-state index is 12.2. The average Bonchev–Trinajstić information content (AvgIpc) is 3.03. The van der Waals surface area contributed by atoms with E-state index in [1.165, 1.54) is 6.26 Å². The first-order valence-corrected chi connectivity index (χ1v) is 6.89.